The van der Waals surface area contributed by atoms with Crippen molar-refractivity contribution >= 4 is 46.7 Å². The van der Waals surface area contributed by atoms with Crippen molar-refractivity contribution in [2.24, 2.45) is 0 Å². The Bertz CT molecular complexity index is 541. The van der Waals surface area contributed by atoms with Crippen molar-refractivity contribution in [2.75, 3.05) is 6.61 Å². The van der Waals surface area contributed by atoms with Gasteiger partial charge in [-0.3, -0.25) is 0 Å². The topological polar surface area (TPSA) is 52.6 Å². The van der Waals surface area contributed by atoms with E-state index in [9.17, 15) is 9.59 Å². The van der Waals surface area contributed by atoms with Gasteiger partial charge in [-0.15, -0.1) is 0 Å². The number of rotatable bonds is 5. The lowest BCUT2D eigenvalue weighted by Crippen LogP contribution is -2.07. The van der Waals surface area contributed by atoms with Crippen molar-refractivity contribution in [3.63, 3.8) is 0 Å². The molecule has 20 heavy (non-hydrogen) atoms. The average Bonchev–Trinajstić information content (AvgIpc) is 2.43. The fraction of sp³-hybridized carbons (Fsp3) is 0.231. The highest BCUT2D eigenvalue weighted by Gasteiger charge is 2.14. The number of benzene rings is 1. The Hall–Kier alpha value is -1.23. The third-order valence-electron chi connectivity index (χ3n) is 2.01. The second-order valence-corrected chi connectivity index (χ2v) is 4.79. The summed E-state index contributed by atoms with van der Waals surface area (Å²) in [5.74, 6) is -1.51. The highest BCUT2D eigenvalue weighted by atomic mass is 35.5. The maximum Gasteiger partial charge on any atom is 0.336 e. The van der Waals surface area contributed by atoms with Crippen LogP contribution in [-0.2, 0) is 14.3 Å². The monoisotopic (exact) mass is 336 g/mol. The first-order chi connectivity index (χ1) is 9.45. The van der Waals surface area contributed by atoms with Gasteiger partial charge >= 0.3 is 11.9 Å². The predicted octanol–water partition coefficient (Wildman–Crippen LogP) is 4.06. The average molecular weight is 338 g/mol. The van der Waals surface area contributed by atoms with Gasteiger partial charge in [-0.2, -0.15) is 0 Å². The maximum absolute atomic E-state index is 11.5. The van der Waals surface area contributed by atoms with Crippen molar-refractivity contribution in [2.45, 2.75) is 13.3 Å². The summed E-state index contributed by atoms with van der Waals surface area (Å²) in [6.07, 6.45) is 2.58. The molecule has 0 atom stereocenters. The summed E-state index contributed by atoms with van der Waals surface area (Å²) in [7, 11) is 0. The molecule has 4 nitrogen and oxygen atoms in total. The fourth-order valence-corrected chi connectivity index (χ4v) is 1.72. The van der Waals surface area contributed by atoms with E-state index in [1.54, 1.807) is 0 Å². The fourth-order valence-electron chi connectivity index (χ4n) is 1.12. The van der Waals surface area contributed by atoms with Gasteiger partial charge in [0.2, 0.25) is 0 Å². The van der Waals surface area contributed by atoms with E-state index in [1.807, 2.05) is 6.92 Å². The third kappa shape index (κ3) is 5.04. The molecule has 0 unspecified atom stereocenters. The number of carbonyl (C=O) groups excluding carboxylic acids is 2. The molecule has 108 valence electrons. The normalized spacial score (nSPS) is 10.6. The predicted molar refractivity (Wildman–Crippen MR) is 77.5 cm³/mol. The van der Waals surface area contributed by atoms with Crippen LogP contribution in [0, 0.1) is 0 Å². The van der Waals surface area contributed by atoms with Crippen LogP contribution in [0.1, 0.15) is 13.3 Å². The lowest BCUT2D eigenvalue weighted by molar-refractivity contribution is -0.138. The van der Waals surface area contributed by atoms with E-state index in [4.69, 9.17) is 44.3 Å². The van der Waals surface area contributed by atoms with Gasteiger partial charge in [0.05, 0.1) is 16.7 Å². The molecular weight excluding hydrogens is 326 g/mol. The molecule has 0 amide bonds. The minimum Gasteiger partial charge on any atom is -0.463 e. The van der Waals surface area contributed by atoms with Crippen LogP contribution in [0.15, 0.2) is 24.3 Å². The van der Waals surface area contributed by atoms with Crippen LogP contribution in [0.25, 0.3) is 0 Å². The van der Waals surface area contributed by atoms with Gasteiger partial charge in [0.15, 0.2) is 5.75 Å². The van der Waals surface area contributed by atoms with Gasteiger partial charge in [-0.1, -0.05) is 41.7 Å². The minimum absolute atomic E-state index is 0.0227. The van der Waals surface area contributed by atoms with Crippen LogP contribution in [-0.4, -0.2) is 18.5 Å². The molecule has 0 saturated heterocycles. The number of esters is 2. The van der Waals surface area contributed by atoms with Crippen LogP contribution in [0.2, 0.25) is 15.1 Å². The van der Waals surface area contributed by atoms with Gasteiger partial charge < -0.3 is 9.47 Å². The Labute approximate surface area is 131 Å². The standard InChI is InChI=1S/C13H11Cl3O4/c1-2-7-19-10(17)5-6-11(18)20-13-9(15)4-3-8(14)12(13)16/h3-6H,2,7H2,1H3/b6-5+. The van der Waals surface area contributed by atoms with Gasteiger partial charge in [0, 0.05) is 12.2 Å². The highest BCUT2D eigenvalue weighted by molar-refractivity contribution is 6.44. The van der Waals surface area contributed by atoms with Gasteiger partial charge in [0.25, 0.3) is 0 Å². The molecular formula is C13H11Cl3O4. The molecule has 0 spiro atoms. The number of hydrogen-bond acceptors (Lipinski definition) is 4. The number of hydrogen-bond donors (Lipinski definition) is 0. The summed E-state index contributed by atoms with van der Waals surface area (Å²) in [4.78, 5) is 22.7. The number of carbonyl (C=O) groups is 2. The molecule has 0 saturated carbocycles. The Kier molecular flexibility index (Phi) is 6.85. The van der Waals surface area contributed by atoms with Crippen molar-refractivity contribution in [3.05, 3.63) is 39.4 Å². The first kappa shape index (κ1) is 16.8. The van der Waals surface area contributed by atoms with Crippen molar-refractivity contribution in [3.8, 4) is 5.75 Å². The van der Waals surface area contributed by atoms with Crippen LogP contribution in [0.4, 0.5) is 0 Å². The van der Waals surface area contributed by atoms with Gasteiger partial charge in [-0.25, -0.2) is 9.59 Å². The summed E-state index contributed by atoms with van der Waals surface area (Å²) in [6.45, 7) is 2.14. The van der Waals surface area contributed by atoms with Crippen LogP contribution in [0.5, 0.6) is 5.75 Å². The zero-order chi connectivity index (χ0) is 15.1. The number of halogens is 3. The molecule has 0 aliphatic carbocycles. The molecule has 0 aliphatic heterocycles. The van der Waals surface area contributed by atoms with E-state index >= 15 is 0 Å². The summed E-state index contributed by atoms with van der Waals surface area (Å²) >= 11 is 17.5. The van der Waals surface area contributed by atoms with Crippen LogP contribution < -0.4 is 4.74 Å². The maximum atomic E-state index is 11.5. The SMILES string of the molecule is CCCOC(=O)/C=C/C(=O)Oc1c(Cl)ccc(Cl)c1Cl. The molecule has 7 heteroatoms. The smallest absolute Gasteiger partial charge is 0.336 e. The molecule has 0 bridgehead atoms. The Morgan fingerprint density at radius 2 is 1.70 bits per heavy atom. The molecule has 1 rings (SSSR count). The summed E-state index contributed by atoms with van der Waals surface area (Å²) < 4.78 is 9.68. The molecule has 1 aromatic carbocycles. The second-order valence-electron chi connectivity index (χ2n) is 3.59. The van der Waals surface area contributed by atoms with E-state index in [0.717, 1.165) is 12.2 Å². The van der Waals surface area contributed by atoms with E-state index in [2.05, 4.69) is 0 Å². The molecule has 0 aliphatic rings. The van der Waals surface area contributed by atoms with Gasteiger partial charge in [-0.05, 0) is 18.6 Å². The summed E-state index contributed by atoms with van der Waals surface area (Å²) in [5.41, 5.74) is 0. The first-order valence-electron chi connectivity index (χ1n) is 5.65. The quantitative estimate of drug-likeness (QED) is 0.352. The van der Waals surface area contributed by atoms with Crippen LogP contribution >= 0.6 is 34.8 Å². The molecule has 0 aromatic heterocycles. The largest absolute Gasteiger partial charge is 0.463 e. The lowest BCUT2D eigenvalue weighted by Gasteiger charge is -2.07. The minimum atomic E-state index is -0.815. The van der Waals surface area contributed by atoms with E-state index in [-0.39, 0.29) is 27.4 Å². The Morgan fingerprint density at radius 1 is 1.10 bits per heavy atom. The zero-order valence-corrected chi connectivity index (χ0v) is 12.8. The van der Waals surface area contributed by atoms with Crippen molar-refractivity contribution in [1.29, 1.82) is 0 Å². The molecule has 0 heterocycles. The Balaban J connectivity index is 2.70. The summed E-state index contributed by atoms with van der Waals surface area (Å²) in [5, 5.41) is 0.356. The third-order valence-corrected chi connectivity index (χ3v) is 3.09. The Morgan fingerprint density at radius 3 is 2.35 bits per heavy atom. The van der Waals surface area contributed by atoms with E-state index < -0.39 is 11.9 Å². The lowest BCUT2D eigenvalue weighted by atomic mass is 10.3. The van der Waals surface area contributed by atoms with Crippen LogP contribution in [0.3, 0.4) is 0 Å². The van der Waals surface area contributed by atoms with Gasteiger partial charge in [0.1, 0.15) is 5.02 Å². The first-order valence-corrected chi connectivity index (χ1v) is 6.79. The molecule has 0 fully saturated rings. The molecule has 0 radical (unpaired) electrons. The molecule has 0 N–H and O–H groups in total. The zero-order valence-electron chi connectivity index (χ0n) is 10.5. The second kappa shape index (κ2) is 8.15. The van der Waals surface area contributed by atoms with E-state index in [1.165, 1.54) is 12.1 Å². The number of ether oxygens (including phenoxy) is 2. The van der Waals surface area contributed by atoms with E-state index in [0.29, 0.717) is 6.42 Å². The van der Waals surface area contributed by atoms with Crippen molar-refractivity contribution in [1.82, 2.24) is 0 Å². The summed E-state index contributed by atoms with van der Waals surface area (Å²) in [6, 6.07) is 2.92. The van der Waals surface area contributed by atoms with Crippen molar-refractivity contribution < 1.29 is 19.1 Å². The molecule has 1 aromatic rings. The highest BCUT2D eigenvalue weighted by Crippen LogP contribution is 2.38.